The van der Waals surface area contributed by atoms with Crippen molar-refractivity contribution in [2.45, 2.75) is 19.4 Å². The number of hydrogen-bond acceptors (Lipinski definition) is 6. The first-order valence-electron chi connectivity index (χ1n) is 9.32. The zero-order valence-electron chi connectivity index (χ0n) is 16.5. The number of rotatable bonds is 10. The number of hydrogen-bond donors (Lipinski definition) is 3. The maximum Gasteiger partial charge on any atom is 0.211 e. The molecule has 11 heteroatoms. The number of guanidine groups is 1. The van der Waals surface area contributed by atoms with E-state index in [2.05, 4.69) is 42.8 Å². The third-order valence-corrected chi connectivity index (χ3v) is 6.77. The second-order valence-corrected chi connectivity index (χ2v) is 9.29. The van der Waals surface area contributed by atoms with Gasteiger partial charge in [-0.25, -0.2) is 13.1 Å². The molecule has 1 fully saturated rings. The van der Waals surface area contributed by atoms with Crippen LogP contribution in [0.2, 0.25) is 0 Å². The normalized spacial score (nSPS) is 17.0. The molecule has 1 aliphatic heterocycles. The van der Waals surface area contributed by atoms with E-state index in [0.717, 1.165) is 38.8 Å². The van der Waals surface area contributed by atoms with Gasteiger partial charge in [0, 0.05) is 44.6 Å². The molecule has 0 radical (unpaired) electrons. The van der Waals surface area contributed by atoms with Gasteiger partial charge >= 0.3 is 0 Å². The van der Waals surface area contributed by atoms with Crippen LogP contribution in [-0.4, -0.2) is 78.0 Å². The van der Waals surface area contributed by atoms with Crippen LogP contribution < -0.4 is 15.4 Å². The second kappa shape index (κ2) is 13.7. The number of thiophene rings is 1. The van der Waals surface area contributed by atoms with Gasteiger partial charge < -0.3 is 15.4 Å². The van der Waals surface area contributed by atoms with Gasteiger partial charge in [-0.2, -0.15) is 0 Å². The molecule has 1 aromatic heterocycles. The largest absolute Gasteiger partial charge is 0.379 e. The summed E-state index contributed by atoms with van der Waals surface area (Å²) in [6.07, 6.45) is 0.692. The van der Waals surface area contributed by atoms with Gasteiger partial charge in [-0.3, -0.25) is 9.89 Å². The van der Waals surface area contributed by atoms with Crippen LogP contribution in [0, 0.1) is 0 Å². The Hall–Kier alpha value is -0.470. The van der Waals surface area contributed by atoms with Gasteiger partial charge in [0.05, 0.1) is 25.0 Å². The Morgan fingerprint density at radius 1 is 1.32 bits per heavy atom. The van der Waals surface area contributed by atoms with E-state index in [4.69, 9.17) is 4.74 Å². The van der Waals surface area contributed by atoms with Gasteiger partial charge in [0.2, 0.25) is 10.0 Å². The van der Waals surface area contributed by atoms with E-state index in [1.54, 1.807) is 25.3 Å². The molecule has 0 aliphatic carbocycles. The van der Waals surface area contributed by atoms with Gasteiger partial charge in [-0.15, -0.1) is 35.3 Å². The van der Waals surface area contributed by atoms with E-state index < -0.39 is 10.0 Å². The first-order chi connectivity index (χ1) is 13.1. The average Bonchev–Trinajstić information content (AvgIpc) is 3.21. The molecule has 0 saturated carbocycles. The summed E-state index contributed by atoms with van der Waals surface area (Å²) in [6, 6.07) is 4.53. The summed E-state index contributed by atoms with van der Waals surface area (Å²) < 4.78 is 30.9. The number of sulfonamides is 1. The standard InChI is InChI=1S/C17H31N5O3S2.HI/c1-3-27(23,24)21-8-5-7-19-17(18-2)20-14-15(16-6-4-13-26-16)22-9-11-25-12-10-22;/h4,6,13,15,21H,3,5,7-12,14H2,1-2H3,(H2,18,19,20);1H. The van der Waals surface area contributed by atoms with Crippen LogP contribution in [0.15, 0.2) is 22.5 Å². The van der Waals surface area contributed by atoms with E-state index in [-0.39, 0.29) is 35.8 Å². The average molecular weight is 546 g/mol. The number of morpholine rings is 1. The van der Waals surface area contributed by atoms with Crippen molar-refractivity contribution in [3.8, 4) is 0 Å². The van der Waals surface area contributed by atoms with Gasteiger partial charge in [-0.1, -0.05) is 6.07 Å². The van der Waals surface area contributed by atoms with Crippen molar-refractivity contribution in [2.24, 2.45) is 4.99 Å². The Morgan fingerprint density at radius 3 is 2.68 bits per heavy atom. The van der Waals surface area contributed by atoms with E-state index in [1.807, 2.05) is 0 Å². The molecule has 2 rings (SSSR count). The van der Waals surface area contributed by atoms with Crippen LogP contribution in [0.5, 0.6) is 0 Å². The Labute approximate surface area is 189 Å². The SMILES string of the molecule is CCS(=O)(=O)NCCCNC(=NC)NCC(c1cccs1)N1CCOCC1.I. The summed E-state index contributed by atoms with van der Waals surface area (Å²) in [5.41, 5.74) is 0. The topological polar surface area (TPSA) is 95.1 Å². The highest BCUT2D eigenvalue weighted by molar-refractivity contribution is 14.0. The zero-order valence-corrected chi connectivity index (χ0v) is 20.5. The number of nitrogens with zero attached hydrogens (tertiary/aromatic N) is 2. The smallest absolute Gasteiger partial charge is 0.211 e. The Morgan fingerprint density at radius 2 is 2.07 bits per heavy atom. The molecule has 1 aliphatic rings. The molecular formula is C17H32IN5O3S2. The van der Waals surface area contributed by atoms with E-state index in [1.165, 1.54) is 4.88 Å². The quantitative estimate of drug-likeness (QED) is 0.177. The molecule has 8 nitrogen and oxygen atoms in total. The van der Waals surface area contributed by atoms with Crippen molar-refractivity contribution in [3.05, 3.63) is 22.4 Å². The first-order valence-corrected chi connectivity index (χ1v) is 11.9. The molecule has 1 atom stereocenters. The van der Waals surface area contributed by atoms with Crippen LogP contribution in [0.1, 0.15) is 24.3 Å². The lowest BCUT2D eigenvalue weighted by atomic mass is 10.2. The third kappa shape index (κ3) is 8.91. The molecule has 3 N–H and O–H groups in total. The van der Waals surface area contributed by atoms with Gasteiger partial charge in [0.15, 0.2) is 5.96 Å². The molecule has 1 saturated heterocycles. The fraction of sp³-hybridized carbons (Fsp3) is 0.706. The number of aliphatic imine (C=N–C) groups is 1. The summed E-state index contributed by atoms with van der Waals surface area (Å²) in [4.78, 5) is 8.03. The number of ether oxygens (including phenoxy) is 1. The lowest BCUT2D eigenvalue weighted by Crippen LogP contribution is -2.46. The summed E-state index contributed by atoms with van der Waals surface area (Å²) in [5, 5.41) is 8.74. The molecular weight excluding hydrogens is 513 g/mol. The van der Waals surface area contributed by atoms with E-state index in [0.29, 0.717) is 19.5 Å². The van der Waals surface area contributed by atoms with E-state index >= 15 is 0 Å². The molecule has 1 aromatic rings. The Bertz CT molecular complexity index is 664. The number of nitrogens with one attached hydrogen (secondary N) is 3. The van der Waals surface area contributed by atoms with Crippen LogP contribution >= 0.6 is 35.3 Å². The Kier molecular flexibility index (Phi) is 12.5. The maximum absolute atomic E-state index is 11.4. The van der Waals surface area contributed by atoms with Crippen molar-refractivity contribution >= 4 is 51.3 Å². The molecule has 1 unspecified atom stereocenters. The summed E-state index contributed by atoms with van der Waals surface area (Å²) in [6.45, 7) is 6.83. The van der Waals surface area contributed by atoms with Crippen molar-refractivity contribution in [1.82, 2.24) is 20.3 Å². The lowest BCUT2D eigenvalue weighted by molar-refractivity contribution is 0.0177. The van der Waals surface area contributed by atoms with Crippen LogP contribution in [0.3, 0.4) is 0 Å². The van der Waals surface area contributed by atoms with Crippen molar-refractivity contribution < 1.29 is 13.2 Å². The number of halogens is 1. The summed E-state index contributed by atoms with van der Waals surface area (Å²) in [5.74, 6) is 0.832. The van der Waals surface area contributed by atoms with Gasteiger partial charge in [-0.05, 0) is 24.8 Å². The first kappa shape index (κ1) is 25.6. The zero-order chi connectivity index (χ0) is 19.5. The van der Waals surface area contributed by atoms with Gasteiger partial charge in [0.25, 0.3) is 0 Å². The molecule has 162 valence electrons. The monoisotopic (exact) mass is 545 g/mol. The third-order valence-electron chi connectivity index (χ3n) is 4.39. The van der Waals surface area contributed by atoms with E-state index in [9.17, 15) is 8.42 Å². The molecule has 28 heavy (non-hydrogen) atoms. The lowest BCUT2D eigenvalue weighted by Gasteiger charge is -2.34. The maximum atomic E-state index is 11.4. The molecule has 0 amide bonds. The highest BCUT2D eigenvalue weighted by atomic mass is 127. The molecule has 0 bridgehead atoms. The highest BCUT2D eigenvalue weighted by Gasteiger charge is 2.23. The van der Waals surface area contributed by atoms with Crippen LogP contribution in [0.25, 0.3) is 0 Å². The Balaban J connectivity index is 0.00000392. The van der Waals surface area contributed by atoms with Crippen molar-refractivity contribution in [1.29, 1.82) is 0 Å². The summed E-state index contributed by atoms with van der Waals surface area (Å²) >= 11 is 1.76. The minimum atomic E-state index is -3.12. The molecule has 0 spiro atoms. The van der Waals surface area contributed by atoms with Crippen LogP contribution in [-0.2, 0) is 14.8 Å². The fourth-order valence-electron chi connectivity index (χ4n) is 2.82. The highest BCUT2D eigenvalue weighted by Crippen LogP contribution is 2.25. The summed E-state index contributed by atoms with van der Waals surface area (Å²) in [7, 11) is -1.38. The minimum absolute atomic E-state index is 0. The van der Waals surface area contributed by atoms with Crippen molar-refractivity contribution in [2.75, 3.05) is 58.7 Å². The van der Waals surface area contributed by atoms with Crippen LogP contribution in [0.4, 0.5) is 0 Å². The minimum Gasteiger partial charge on any atom is -0.379 e. The fourth-order valence-corrected chi connectivity index (χ4v) is 4.34. The molecule has 0 aromatic carbocycles. The van der Waals surface area contributed by atoms with Crippen molar-refractivity contribution in [3.63, 3.8) is 0 Å². The predicted octanol–water partition coefficient (Wildman–Crippen LogP) is 1.23. The predicted molar refractivity (Wildman–Crippen MR) is 126 cm³/mol. The molecule has 2 heterocycles. The second-order valence-electron chi connectivity index (χ2n) is 6.21. The van der Waals surface area contributed by atoms with Gasteiger partial charge in [0.1, 0.15) is 0 Å².